The van der Waals surface area contributed by atoms with Gasteiger partial charge in [-0.3, -0.25) is 9.59 Å². The summed E-state index contributed by atoms with van der Waals surface area (Å²) in [5.41, 5.74) is 1.33. The van der Waals surface area contributed by atoms with Gasteiger partial charge in [0.15, 0.2) is 5.69 Å². The first-order valence-corrected chi connectivity index (χ1v) is 8.71. The maximum Gasteiger partial charge on any atom is 0.273 e. The first-order valence-electron chi connectivity index (χ1n) is 7.54. The summed E-state index contributed by atoms with van der Waals surface area (Å²) in [6, 6.07) is 14.2. The van der Waals surface area contributed by atoms with Crippen LogP contribution in [0.4, 0.5) is 5.69 Å². The highest BCUT2D eigenvalue weighted by Gasteiger charge is 2.14. The Labute approximate surface area is 162 Å². The Balaban J connectivity index is 1.58. The van der Waals surface area contributed by atoms with Gasteiger partial charge in [0, 0.05) is 10.2 Å². The zero-order valence-electron chi connectivity index (χ0n) is 13.3. The van der Waals surface area contributed by atoms with Gasteiger partial charge in [-0.05, 0) is 36.4 Å². The Morgan fingerprint density at radius 2 is 1.85 bits per heavy atom. The molecule has 2 amide bonds. The van der Waals surface area contributed by atoms with Gasteiger partial charge in [0.05, 0.1) is 23.5 Å². The summed E-state index contributed by atoms with van der Waals surface area (Å²) in [6.45, 7) is -0.187. The summed E-state index contributed by atoms with van der Waals surface area (Å²) in [4.78, 5) is 24.0. The fourth-order valence-corrected chi connectivity index (χ4v) is 2.60. The van der Waals surface area contributed by atoms with Crippen LogP contribution in [0.15, 0.2) is 59.2 Å². The highest BCUT2D eigenvalue weighted by Crippen LogP contribution is 2.18. The normalized spacial score (nSPS) is 10.4. The van der Waals surface area contributed by atoms with Crippen LogP contribution in [0, 0.1) is 0 Å². The average Bonchev–Trinajstić information content (AvgIpc) is 3.12. The molecule has 0 spiro atoms. The van der Waals surface area contributed by atoms with Gasteiger partial charge in [0.1, 0.15) is 0 Å². The van der Waals surface area contributed by atoms with E-state index in [-0.39, 0.29) is 18.1 Å². The molecule has 0 radical (unpaired) electrons. The van der Waals surface area contributed by atoms with Crippen molar-refractivity contribution in [2.75, 3.05) is 11.9 Å². The molecule has 0 atom stereocenters. The van der Waals surface area contributed by atoms with Crippen molar-refractivity contribution in [2.24, 2.45) is 0 Å². The Morgan fingerprint density at radius 1 is 1.12 bits per heavy atom. The van der Waals surface area contributed by atoms with Gasteiger partial charge in [0.25, 0.3) is 5.91 Å². The van der Waals surface area contributed by atoms with Crippen LogP contribution in [0.5, 0.6) is 0 Å². The fraction of sp³-hybridized carbons (Fsp3) is 0.0588. The van der Waals surface area contributed by atoms with Crippen LogP contribution in [-0.2, 0) is 4.79 Å². The molecule has 0 aliphatic rings. The summed E-state index contributed by atoms with van der Waals surface area (Å²) in [7, 11) is 0. The average molecular weight is 435 g/mol. The van der Waals surface area contributed by atoms with Crippen LogP contribution >= 0.6 is 27.5 Å². The topological polar surface area (TPSA) is 88.9 Å². The monoisotopic (exact) mass is 433 g/mol. The van der Waals surface area contributed by atoms with Crippen molar-refractivity contribution in [3.05, 3.63) is 69.9 Å². The third-order valence-electron chi connectivity index (χ3n) is 3.36. The molecule has 0 saturated carbocycles. The van der Waals surface area contributed by atoms with Gasteiger partial charge < -0.3 is 10.6 Å². The predicted molar refractivity (Wildman–Crippen MR) is 101 cm³/mol. The highest BCUT2D eigenvalue weighted by molar-refractivity contribution is 9.10. The molecule has 132 valence electrons. The third-order valence-corrected chi connectivity index (χ3v) is 4.21. The minimum Gasteiger partial charge on any atom is -0.342 e. The fourth-order valence-electron chi connectivity index (χ4n) is 2.11. The Kier molecular flexibility index (Phi) is 5.65. The second kappa shape index (κ2) is 8.11. The molecule has 0 fully saturated rings. The lowest BCUT2D eigenvalue weighted by Gasteiger charge is -2.06. The Morgan fingerprint density at radius 3 is 2.58 bits per heavy atom. The van der Waals surface area contributed by atoms with Crippen LogP contribution < -0.4 is 10.6 Å². The smallest absolute Gasteiger partial charge is 0.273 e. The molecule has 0 unspecified atom stereocenters. The number of carbonyl (C=O) groups excluding carboxylic acids is 2. The number of benzene rings is 2. The maximum atomic E-state index is 12.1. The number of hydrogen-bond acceptors (Lipinski definition) is 4. The van der Waals surface area contributed by atoms with Gasteiger partial charge in [-0.15, -0.1) is 5.10 Å². The van der Waals surface area contributed by atoms with E-state index < -0.39 is 5.91 Å². The number of halogens is 2. The molecule has 3 rings (SSSR count). The summed E-state index contributed by atoms with van der Waals surface area (Å²) < 4.78 is 2.31. The summed E-state index contributed by atoms with van der Waals surface area (Å²) in [5, 5.41) is 13.4. The first kappa shape index (κ1) is 18.1. The molecule has 0 aliphatic carbocycles. The van der Waals surface area contributed by atoms with E-state index in [4.69, 9.17) is 11.6 Å². The number of carbonyl (C=O) groups is 2. The van der Waals surface area contributed by atoms with Crippen LogP contribution in [-0.4, -0.2) is 33.4 Å². The summed E-state index contributed by atoms with van der Waals surface area (Å²) in [6.07, 6.45) is 1.45. The van der Waals surface area contributed by atoms with Gasteiger partial charge >= 0.3 is 0 Å². The second-order valence-corrected chi connectivity index (χ2v) is 6.56. The lowest BCUT2D eigenvalue weighted by molar-refractivity contribution is -0.115. The van der Waals surface area contributed by atoms with E-state index in [0.29, 0.717) is 16.4 Å². The number of amides is 2. The van der Waals surface area contributed by atoms with E-state index >= 15 is 0 Å². The Bertz CT molecular complexity index is 942. The molecule has 2 N–H and O–H groups in total. The van der Waals surface area contributed by atoms with Crippen LogP contribution in [0.25, 0.3) is 5.69 Å². The number of nitrogens with zero attached hydrogens (tertiary/aromatic N) is 3. The number of nitrogens with one attached hydrogen (secondary N) is 2. The van der Waals surface area contributed by atoms with E-state index in [2.05, 4.69) is 36.9 Å². The third kappa shape index (κ3) is 4.47. The van der Waals surface area contributed by atoms with Crippen molar-refractivity contribution in [3.63, 3.8) is 0 Å². The van der Waals surface area contributed by atoms with E-state index in [1.54, 1.807) is 48.5 Å². The molecule has 0 bridgehead atoms. The van der Waals surface area contributed by atoms with Crippen molar-refractivity contribution in [1.82, 2.24) is 20.3 Å². The summed E-state index contributed by atoms with van der Waals surface area (Å²) in [5.74, 6) is -0.853. The molecular formula is C17H13BrClN5O2. The van der Waals surface area contributed by atoms with Crippen molar-refractivity contribution in [1.29, 1.82) is 0 Å². The minimum absolute atomic E-state index is 0.0846. The quantitative estimate of drug-likeness (QED) is 0.646. The lowest BCUT2D eigenvalue weighted by atomic mass is 10.3. The lowest BCUT2D eigenvalue weighted by Crippen LogP contribution is -2.33. The molecular weight excluding hydrogens is 422 g/mol. The number of para-hydroxylation sites is 1. The van der Waals surface area contributed by atoms with Crippen molar-refractivity contribution < 1.29 is 9.59 Å². The first-order chi connectivity index (χ1) is 12.5. The van der Waals surface area contributed by atoms with E-state index in [1.807, 2.05) is 0 Å². The minimum atomic E-state index is -0.505. The van der Waals surface area contributed by atoms with Crippen LogP contribution in [0.1, 0.15) is 10.5 Å². The van der Waals surface area contributed by atoms with Crippen molar-refractivity contribution in [2.45, 2.75) is 0 Å². The van der Waals surface area contributed by atoms with E-state index in [1.165, 1.54) is 10.9 Å². The second-order valence-electron chi connectivity index (χ2n) is 5.24. The molecule has 2 aromatic carbocycles. The van der Waals surface area contributed by atoms with Gasteiger partial charge in [-0.2, -0.15) is 0 Å². The SMILES string of the molecule is O=C(CNC(=O)c1cn(-c2ccccc2Cl)nn1)Nc1ccc(Br)cc1. The predicted octanol–water partition coefficient (Wildman–Crippen LogP) is 3.05. The van der Waals surface area contributed by atoms with Gasteiger partial charge in [-0.1, -0.05) is 44.9 Å². The zero-order valence-corrected chi connectivity index (χ0v) is 15.7. The molecule has 9 heteroatoms. The Hall–Kier alpha value is -2.71. The largest absolute Gasteiger partial charge is 0.342 e. The number of hydrogen-bond donors (Lipinski definition) is 2. The number of rotatable bonds is 5. The molecule has 26 heavy (non-hydrogen) atoms. The molecule has 1 aromatic heterocycles. The van der Waals surface area contributed by atoms with Gasteiger partial charge in [0.2, 0.25) is 5.91 Å². The molecule has 0 saturated heterocycles. The highest BCUT2D eigenvalue weighted by atomic mass is 79.9. The molecule has 3 aromatic rings. The van der Waals surface area contributed by atoms with Crippen LogP contribution in [0.3, 0.4) is 0 Å². The van der Waals surface area contributed by atoms with E-state index in [9.17, 15) is 9.59 Å². The van der Waals surface area contributed by atoms with E-state index in [0.717, 1.165) is 4.47 Å². The molecule has 0 aliphatic heterocycles. The van der Waals surface area contributed by atoms with Crippen molar-refractivity contribution in [3.8, 4) is 5.69 Å². The van der Waals surface area contributed by atoms with Gasteiger partial charge in [-0.25, -0.2) is 4.68 Å². The van der Waals surface area contributed by atoms with Crippen molar-refractivity contribution >= 4 is 45.0 Å². The standard InChI is InChI=1S/C17H13BrClN5O2/c18-11-5-7-12(8-6-11)21-16(25)9-20-17(26)14-10-24(23-22-14)15-4-2-1-3-13(15)19/h1-8,10H,9H2,(H,20,26)(H,21,25). The summed E-state index contributed by atoms with van der Waals surface area (Å²) >= 11 is 9.41. The maximum absolute atomic E-state index is 12.1. The molecule has 7 nitrogen and oxygen atoms in total. The molecule has 1 heterocycles. The zero-order chi connectivity index (χ0) is 18.5. The van der Waals surface area contributed by atoms with Crippen LogP contribution in [0.2, 0.25) is 5.02 Å². The number of anilines is 1. The number of aromatic nitrogens is 3.